The zero-order valence-corrected chi connectivity index (χ0v) is 16.1. The van der Waals surface area contributed by atoms with Crippen LogP contribution in [0.1, 0.15) is 18.1 Å². The highest BCUT2D eigenvalue weighted by atomic mass is 32.2. The Bertz CT molecular complexity index is 1020. The molecule has 0 unspecified atom stereocenters. The van der Waals surface area contributed by atoms with Crippen LogP contribution in [0.3, 0.4) is 0 Å². The van der Waals surface area contributed by atoms with E-state index in [1.165, 1.54) is 15.9 Å². The first-order valence-corrected chi connectivity index (χ1v) is 9.81. The summed E-state index contributed by atoms with van der Waals surface area (Å²) >= 11 is 1.73. The average molecular weight is 376 g/mol. The van der Waals surface area contributed by atoms with E-state index < -0.39 is 0 Å². The van der Waals surface area contributed by atoms with E-state index in [0.717, 1.165) is 28.5 Å². The van der Waals surface area contributed by atoms with Crippen molar-refractivity contribution in [3.63, 3.8) is 0 Å². The monoisotopic (exact) mass is 376 g/mol. The van der Waals surface area contributed by atoms with Crippen LogP contribution in [0.25, 0.3) is 17.1 Å². The van der Waals surface area contributed by atoms with Gasteiger partial charge in [0, 0.05) is 5.75 Å². The van der Waals surface area contributed by atoms with Gasteiger partial charge < -0.3 is 0 Å². The minimum absolute atomic E-state index is 0.587. The maximum absolute atomic E-state index is 4.62. The van der Waals surface area contributed by atoms with E-state index in [-0.39, 0.29) is 0 Å². The Labute approximate surface area is 162 Å². The van der Waals surface area contributed by atoms with E-state index in [0.29, 0.717) is 5.82 Å². The van der Waals surface area contributed by atoms with Gasteiger partial charge in [-0.25, -0.2) is 4.68 Å². The lowest BCUT2D eigenvalue weighted by Crippen LogP contribution is -1.99. The summed E-state index contributed by atoms with van der Waals surface area (Å²) in [6.07, 6.45) is 2.84. The van der Waals surface area contributed by atoms with E-state index in [1.54, 1.807) is 18.8 Å². The number of tetrazole rings is 1. The Morgan fingerprint density at radius 2 is 1.74 bits per heavy atom. The van der Waals surface area contributed by atoms with Crippen molar-refractivity contribution in [1.29, 1.82) is 0 Å². The van der Waals surface area contributed by atoms with Crippen molar-refractivity contribution in [3.05, 3.63) is 71.9 Å². The number of aromatic nitrogens is 6. The van der Waals surface area contributed by atoms with E-state index in [2.05, 4.69) is 76.0 Å². The number of thioether (sulfide) groups is 1. The molecule has 27 heavy (non-hydrogen) atoms. The fraction of sp³-hybridized carbons (Fsp3) is 0.200. The second-order valence-corrected chi connectivity index (χ2v) is 7.14. The maximum atomic E-state index is 4.62. The normalized spacial score (nSPS) is 11.0. The number of nitrogens with zero attached hydrogens (tertiary/aromatic N) is 6. The van der Waals surface area contributed by atoms with Gasteiger partial charge in [-0.15, -0.1) is 22.0 Å². The number of hydrogen-bond donors (Lipinski definition) is 0. The van der Waals surface area contributed by atoms with Gasteiger partial charge in [0.2, 0.25) is 5.82 Å². The largest absolute Gasteiger partial charge is 0.226 e. The third-order valence-corrected chi connectivity index (χ3v) is 5.43. The highest BCUT2D eigenvalue weighted by molar-refractivity contribution is 7.98. The summed E-state index contributed by atoms with van der Waals surface area (Å²) in [6.45, 7) is 2.15. The number of aryl methyl sites for hydroxylation is 2. The molecule has 0 saturated carbocycles. The summed E-state index contributed by atoms with van der Waals surface area (Å²) in [5.74, 6) is 1.43. The summed E-state index contributed by atoms with van der Waals surface area (Å²) in [5.41, 5.74) is 4.48. The van der Waals surface area contributed by atoms with Gasteiger partial charge in [-0.2, -0.15) is 9.90 Å². The maximum Gasteiger partial charge on any atom is 0.209 e. The highest BCUT2D eigenvalue weighted by Crippen LogP contribution is 2.33. The third-order valence-electron chi connectivity index (χ3n) is 4.28. The molecule has 0 amide bonds. The summed E-state index contributed by atoms with van der Waals surface area (Å²) < 4.78 is 1.96. The van der Waals surface area contributed by atoms with Crippen molar-refractivity contribution in [2.45, 2.75) is 24.1 Å². The molecule has 0 fully saturated rings. The second-order valence-electron chi connectivity index (χ2n) is 6.17. The van der Waals surface area contributed by atoms with Gasteiger partial charge >= 0.3 is 0 Å². The van der Waals surface area contributed by atoms with Gasteiger partial charge in [-0.1, -0.05) is 49.4 Å². The SMILES string of the molecule is CCc1ccc(-n2ncc(-c3nnn(C)n3)c2SCc2ccccc2)cc1. The lowest BCUT2D eigenvalue weighted by atomic mass is 10.1. The molecule has 0 bridgehead atoms. The van der Waals surface area contributed by atoms with Crippen LogP contribution < -0.4 is 0 Å². The van der Waals surface area contributed by atoms with E-state index in [1.807, 2.05) is 16.9 Å². The molecule has 0 aliphatic carbocycles. The predicted molar refractivity (Wildman–Crippen MR) is 107 cm³/mol. The molecule has 2 heterocycles. The molecule has 136 valence electrons. The Morgan fingerprint density at radius 1 is 0.963 bits per heavy atom. The Morgan fingerprint density at radius 3 is 2.41 bits per heavy atom. The molecular formula is C20H20N6S. The van der Waals surface area contributed by atoms with Gasteiger partial charge in [0.05, 0.1) is 24.5 Å². The molecule has 4 aromatic rings. The van der Waals surface area contributed by atoms with Crippen molar-refractivity contribution < 1.29 is 0 Å². The van der Waals surface area contributed by atoms with E-state index in [9.17, 15) is 0 Å². The lowest BCUT2D eigenvalue weighted by molar-refractivity contribution is 0.630. The lowest BCUT2D eigenvalue weighted by Gasteiger charge is -2.09. The Balaban J connectivity index is 1.72. The molecule has 0 radical (unpaired) electrons. The van der Waals surface area contributed by atoms with Gasteiger partial charge in [0.15, 0.2) is 0 Å². The van der Waals surface area contributed by atoms with Crippen LogP contribution in [0, 0.1) is 0 Å². The molecule has 0 aliphatic rings. The second kappa shape index (κ2) is 7.75. The van der Waals surface area contributed by atoms with Crippen molar-refractivity contribution in [3.8, 4) is 17.1 Å². The molecule has 0 spiro atoms. The van der Waals surface area contributed by atoms with E-state index >= 15 is 0 Å². The Kier molecular flexibility index (Phi) is 5.02. The van der Waals surface area contributed by atoms with Crippen LogP contribution in [0.4, 0.5) is 0 Å². The molecule has 0 atom stereocenters. The van der Waals surface area contributed by atoms with Crippen molar-refractivity contribution in [1.82, 2.24) is 30.0 Å². The number of rotatable bonds is 6. The molecule has 4 rings (SSSR count). The first kappa shape index (κ1) is 17.5. The molecule has 2 aromatic carbocycles. The molecule has 2 aromatic heterocycles. The van der Waals surface area contributed by atoms with E-state index in [4.69, 9.17) is 0 Å². The van der Waals surface area contributed by atoms with Crippen LogP contribution >= 0.6 is 11.8 Å². The summed E-state index contributed by atoms with van der Waals surface area (Å²) in [4.78, 5) is 1.47. The average Bonchev–Trinajstić information content (AvgIpc) is 3.33. The Hall–Kier alpha value is -2.93. The summed E-state index contributed by atoms with van der Waals surface area (Å²) in [6, 6.07) is 18.9. The van der Waals surface area contributed by atoms with Crippen LogP contribution in [0.5, 0.6) is 0 Å². The van der Waals surface area contributed by atoms with Gasteiger partial charge in [-0.3, -0.25) is 0 Å². The molecule has 0 aliphatic heterocycles. The minimum atomic E-state index is 0.587. The first-order valence-electron chi connectivity index (χ1n) is 8.83. The topological polar surface area (TPSA) is 61.4 Å². The van der Waals surface area contributed by atoms with Gasteiger partial charge in [-0.05, 0) is 34.9 Å². The standard InChI is InChI=1S/C20H20N6S/c1-3-15-9-11-17(12-10-15)26-20(27-14-16-7-5-4-6-8-16)18(13-21-26)19-22-24-25(2)23-19/h4-13H,3,14H2,1-2H3. The molecular weight excluding hydrogens is 356 g/mol. The zero-order valence-electron chi connectivity index (χ0n) is 15.3. The summed E-state index contributed by atoms with van der Waals surface area (Å²) in [7, 11) is 1.77. The molecule has 0 saturated heterocycles. The predicted octanol–water partition coefficient (Wildman–Crippen LogP) is 3.92. The molecule has 0 N–H and O–H groups in total. The molecule has 6 nitrogen and oxygen atoms in total. The zero-order chi connectivity index (χ0) is 18.6. The van der Waals surface area contributed by atoms with Crippen LogP contribution in [-0.2, 0) is 19.2 Å². The third kappa shape index (κ3) is 3.78. The van der Waals surface area contributed by atoms with Gasteiger partial charge in [0.1, 0.15) is 5.03 Å². The van der Waals surface area contributed by atoms with Crippen molar-refractivity contribution in [2.75, 3.05) is 0 Å². The quantitative estimate of drug-likeness (QED) is 0.477. The highest BCUT2D eigenvalue weighted by Gasteiger charge is 2.18. The fourth-order valence-electron chi connectivity index (χ4n) is 2.80. The first-order chi connectivity index (χ1) is 13.2. The fourth-order valence-corrected chi connectivity index (χ4v) is 3.87. The number of hydrogen-bond acceptors (Lipinski definition) is 5. The van der Waals surface area contributed by atoms with Crippen LogP contribution in [0.2, 0.25) is 0 Å². The minimum Gasteiger partial charge on any atom is -0.226 e. The summed E-state index contributed by atoms with van der Waals surface area (Å²) in [5, 5.41) is 18.1. The molecule has 7 heteroatoms. The number of benzene rings is 2. The van der Waals surface area contributed by atoms with Crippen molar-refractivity contribution >= 4 is 11.8 Å². The van der Waals surface area contributed by atoms with Crippen LogP contribution in [-0.4, -0.2) is 30.0 Å². The van der Waals surface area contributed by atoms with Crippen molar-refractivity contribution in [2.24, 2.45) is 7.05 Å². The van der Waals surface area contributed by atoms with Gasteiger partial charge in [0.25, 0.3) is 0 Å². The van der Waals surface area contributed by atoms with Crippen LogP contribution in [0.15, 0.2) is 65.8 Å². The smallest absolute Gasteiger partial charge is 0.209 e.